The molecule has 0 aliphatic carbocycles. The molecule has 1 N–H and O–H groups in total. The summed E-state index contributed by atoms with van der Waals surface area (Å²) in [5, 5.41) is 8.52. The van der Waals surface area contributed by atoms with Crippen molar-refractivity contribution >= 4 is 21.9 Å². The summed E-state index contributed by atoms with van der Waals surface area (Å²) < 4.78 is 0.785. The van der Waals surface area contributed by atoms with Crippen LogP contribution in [0.4, 0.5) is 0 Å². The third-order valence-electron chi connectivity index (χ3n) is 1.47. The molecule has 0 saturated heterocycles. The Balaban J connectivity index is 3.00. The number of carboxylic acid groups (broad SMARTS) is 1. The fraction of sp³-hybridized carbons (Fsp3) is 0.250. The Morgan fingerprint density at radius 3 is 3.00 bits per heavy atom. The molecule has 1 rings (SSSR count). The molecule has 0 atom stereocenters. The minimum Gasteiger partial charge on any atom is -0.481 e. The highest BCUT2D eigenvalue weighted by molar-refractivity contribution is 9.10. The van der Waals surface area contributed by atoms with E-state index < -0.39 is 5.97 Å². The maximum atomic E-state index is 10.4. The molecule has 0 fully saturated rings. The average Bonchev–Trinajstić information content (AvgIpc) is 1.98. The summed E-state index contributed by atoms with van der Waals surface area (Å²) in [6.07, 6.45) is 1.57. The number of aromatic nitrogens is 1. The van der Waals surface area contributed by atoms with Gasteiger partial charge in [-0.15, -0.1) is 0 Å². The predicted molar refractivity (Wildman–Crippen MR) is 48.0 cm³/mol. The lowest BCUT2D eigenvalue weighted by molar-refractivity contribution is -0.136. The first kappa shape index (κ1) is 9.19. The van der Waals surface area contributed by atoms with E-state index in [4.69, 9.17) is 5.11 Å². The molecule has 0 radical (unpaired) electrons. The van der Waals surface area contributed by atoms with Crippen LogP contribution in [0.1, 0.15) is 11.3 Å². The maximum absolute atomic E-state index is 10.4. The number of halogens is 1. The van der Waals surface area contributed by atoms with Crippen molar-refractivity contribution < 1.29 is 9.90 Å². The molecule has 12 heavy (non-hydrogen) atoms. The minimum atomic E-state index is -0.867. The van der Waals surface area contributed by atoms with Crippen LogP contribution in [0.5, 0.6) is 0 Å². The zero-order valence-electron chi connectivity index (χ0n) is 6.54. The van der Waals surface area contributed by atoms with Gasteiger partial charge in [0.1, 0.15) is 0 Å². The van der Waals surface area contributed by atoms with Gasteiger partial charge in [0.05, 0.1) is 12.1 Å². The predicted octanol–water partition coefficient (Wildman–Crippen LogP) is 1.78. The summed E-state index contributed by atoms with van der Waals surface area (Å²) >= 11 is 3.28. The largest absolute Gasteiger partial charge is 0.481 e. The second-order valence-electron chi connectivity index (χ2n) is 2.46. The molecule has 0 saturated carbocycles. The maximum Gasteiger partial charge on any atom is 0.309 e. The summed E-state index contributed by atoms with van der Waals surface area (Å²) in [5.74, 6) is -0.867. The van der Waals surface area contributed by atoms with Gasteiger partial charge in [-0.05, 0) is 34.5 Å². The van der Waals surface area contributed by atoms with E-state index in [0.717, 1.165) is 10.0 Å². The van der Waals surface area contributed by atoms with E-state index in [9.17, 15) is 4.79 Å². The lowest BCUT2D eigenvalue weighted by Crippen LogP contribution is -2.03. The van der Waals surface area contributed by atoms with Crippen molar-refractivity contribution in [3.63, 3.8) is 0 Å². The van der Waals surface area contributed by atoms with Crippen LogP contribution in [0.25, 0.3) is 0 Å². The zero-order valence-corrected chi connectivity index (χ0v) is 8.13. The molecule has 0 aliphatic rings. The van der Waals surface area contributed by atoms with Gasteiger partial charge in [-0.1, -0.05) is 0 Å². The second kappa shape index (κ2) is 3.67. The van der Waals surface area contributed by atoms with Gasteiger partial charge in [0, 0.05) is 10.7 Å². The topological polar surface area (TPSA) is 50.2 Å². The van der Waals surface area contributed by atoms with Gasteiger partial charge in [0.2, 0.25) is 0 Å². The van der Waals surface area contributed by atoms with Crippen molar-refractivity contribution in [1.82, 2.24) is 4.98 Å². The molecule has 1 aromatic rings. The molecule has 0 aliphatic heterocycles. The fourth-order valence-corrected chi connectivity index (χ4v) is 1.24. The summed E-state index contributed by atoms with van der Waals surface area (Å²) in [4.78, 5) is 14.3. The number of aliphatic carboxylic acids is 1. The number of rotatable bonds is 2. The summed E-state index contributed by atoms with van der Waals surface area (Å²) in [7, 11) is 0. The number of nitrogens with zero attached hydrogens (tertiary/aromatic N) is 1. The smallest absolute Gasteiger partial charge is 0.309 e. The Morgan fingerprint density at radius 2 is 2.42 bits per heavy atom. The molecule has 3 nitrogen and oxygen atoms in total. The zero-order chi connectivity index (χ0) is 9.14. The summed E-state index contributed by atoms with van der Waals surface area (Å²) in [5.41, 5.74) is 1.57. The van der Waals surface area contributed by atoms with Crippen LogP contribution in [-0.4, -0.2) is 16.1 Å². The van der Waals surface area contributed by atoms with Gasteiger partial charge in [0.15, 0.2) is 0 Å². The van der Waals surface area contributed by atoms with Crippen molar-refractivity contribution in [1.29, 1.82) is 0 Å². The van der Waals surface area contributed by atoms with Crippen molar-refractivity contribution in [3.8, 4) is 0 Å². The number of pyridine rings is 1. The van der Waals surface area contributed by atoms with Gasteiger partial charge in [-0.2, -0.15) is 0 Å². The van der Waals surface area contributed by atoms with E-state index in [-0.39, 0.29) is 6.42 Å². The summed E-state index contributed by atoms with van der Waals surface area (Å²) in [6, 6.07) is 1.83. The van der Waals surface area contributed by atoms with Gasteiger partial charge in [-0.25, -0.2) is 0 Å². The number of carbonyl (C=O) groups is 1. The molecule has 0 amide bonds. The Kier molecular flexibility index (Phi) is 2.81. The van der Waals surface area contributed by atoms with Crippen molar-refractivity contribution in [2.75, 3.05) is 0 Å². The highest BCUT2D eigenvalue weighted by atomic mass is 79.9. The molecule has 0 bridgehead atoms. The van der Waals surface area contributed by atoms with Gasteiger partial charge in [0.25, 0.3) is 0 Å². The number of hydrogen-bond acceptors (Lipinski definition) is 2. The van der Waals surface area contributed by atoms with E-state index in [0.29, 0.717) is 5.69 Å². The van der Waals surface area contributed by atoms with E-state index in [2.05, 4.69) is 20.9 Å². The highest BCUT2D eigenvalue weighted by Crippen LogP contribution is 2.18. The highest BCUT2D eigenvalue weighted by Gasteiger charge is 2.07. The first-order chi connectivity index (χ1) is 5.61. The molecule has 0 aromatic carbocycles. The number of carboxylic acids is 1. The fourth-order valence-electron chi connectivity index (χ4n) is 0.863. The normalized spacial score (nSPS) is 9.83. The van der Waals surface area contributed by atoms with E-state index in [1.807, 2.05) is 13.0 Å². The van der Waals surface area contributed by atoms with Crippen molar-refractivity contribution in [2.45, 2.75) is 13.3 Å². The number of hydrogen-bond donors (Lipinski definition) is 1. The third kappa shape index (κ3) is 2.04. The van der Waals surface area contributed by atoms with Crippen LogP contribution < -0.4 is 0 Å². The lowest BCUT2D eigenvalue weighted by atomic mass is 10.2. The molecule has 4 heteroatoms. The molecule has 0 unspecified atom stereocenters. The quantitative estimate of drug-likeness (QED) is 0.842. The van der Waals surface area contributed by atoms with Crippen LogP contribution in [0.2, 0.25) is 0 Å². The van der Waals surface area contributed by atoms with Crippen LogP contribution >= 0.6 is 15.9 Å². The van der Waals surface area contributed by atoms with Crippen molar-refractivity contribution in [3.05, 3.63) is 28.0 Å². The van der Waals surface area contributed by atoms with Gasteiger partial charge in [-0.3, -0.25) is 9.78 Å². The molecular formula is C8H8BrNO2. The van der Waals surface area contributed by atoms with Gasteiger partial charge >= 0.3 is 5.97 Å². The minimum absolute atomic E-state index is 0.0394. The average molecular weight is 230 g/mol. The molecule has 64 valence electrons. The Labute approximate surface area is 78.6 Å². The molecule has 1 heterocycles. The molecule has 0 spiro atoms. The van der Waals surface area contributed by atoms with E-state index in [1.54, 1.807) is 6.20 Å². The Bertz CT molecular complexity index is 312. The SMILES string of the molecule is Cc1ccnc(CC(=O)O)c1Br. The van der Waals surface area contributed by atoms with Gasteiger partial charge < -0.3 is 5.11 Å². The van der Waals surface area contributed by atoms with E-state index in [1.165, 1.54) is 0 Å². The van der Waals surface area contributed by atoms with Crippen LogP contribution in [-0.2, 0) is 11.2 Å². The third-order valence-corrected chi connectivity index (χ3v) is 2.56. The monoisotopic (exact) mass is 229 g/mol. The standard InChI is InChI=1S/C8H8BrNO2/c1-5-2-3-10-6(8(5)9)4-7(11)12/h2-3H,4H2,1H3,(H,11,12). The summed E-state index contributed by atoms with van der Waals surface area (Å²) in [6.45, 7) is 1.90. The first-order valence-corrected chi connectivity index (χ1v) is 4.22. The lowest BCUT2D eigenvalue weighted by Gasteiger charge is -2.02. The van der Waals surface area contributed by atoms with Crippen LogP contribution in [0.3, 0.4) is 0 Å². The van der Waals surface area contributed by atoms with Crippen LogP contribution in [0, 0.1) is 6.92 Å². The first-order valence-electron chi connectivity index (χ1n) is 3.43. The van der Waals surface area contributed by atoms with Crippen LogP contribution in [0.15, 0.2) is 16.7 Å². The van der Waals surface area contributed by atoms with Crippen molar-refractivity contribution in [2.24, 2.45) is 0 Å². The Morgan fingerprint density at radius 1 is 1.75 bits per heavy atom. The van der Waals surface area contributed by atoms with E-state index >= 15 is 0 Å². The molecule has 1 aromatic heterocycles. The Hall–Kier alpha value is -0.900. The number of aryl methyl sites for hydroxylation is 1. The molecular weight excluding hydrogens is 222 g/mol. The second-order valence-corrected chi connectivity index (χ2v) is 3.25.